The maximum absolute atomic E-state index is 11.9. The van der Waals surface area contributed by atoms with E-state index >= 15 is 0 Å². The molecule has 0 bridgehead atoms. The largest absolute Gasteiger partial charge is 0.407 e. The predicted molar refractivity (Wildman–Crippen MR) is 92.2 cm³/mol. The molecule has 0 fully saturated rings. The molecule has 0 unspecified atom stereocenters. The highest BCUT2D eigenvalue weighted by molar-refractivity contribution is 6.07. The number of esters is 1. The van der Waals surface area contributed by atoms with Crippen molar-refractivity contribution in [1.82, 2.24) is 0 Å². The molecule has 1 aliphatic rings. The Morgan fingerprint density at radius 2 is 1.74 bits per heavy atom. The van der Waals surface area contributed by atoms with Crippen LogP contribution in [0.3, 0.4) is 0 Å². The van der Waals surface area contributed by atoms with Crippen LogP contribution in [0, 0.1) is 13.8 Å². The van der Waals surface area contributed by atoms with Crippen LogP contribution < -0.4 is 0 Å². The van der Waals surface area contributed by atoms with Gasteiger partial charge < -0.3 is 4.74 Å². The van der Waals surface area contributed by atoms with E-state index in [1.807, 2.05) is 37.3 Å². The number of carbonyl (C=O) groups excluding carboxylic acids is 1. The Labute approximate surface area is 136 Å². The topological polar surface area (TPSA) is 38.7 Å². The highest BCUT2D eigenvalue weighted by Gasteiger charge is 2.22. The summed E-state index contributed by atoms with van der Waals surface area (Å²) in [5, 5.41) is 0. The van der Waals surface area contributed by atoms with Crippen LogP contribution in [0.25, 0.3) is 6.08 Å². The van der Waals surface area contributed by atoms with Crippen LogP contribution in [0.5, 0.6) is 0 Å². The molecule has 0 aromatic heterocycles. The van der Waals surface area contributed by atoms with Gasteiger partial charge in [0.25, 0.3) is 0 Å². The summed E-state index contributed by atoms with van der Waals surface area (Å²) >= 11 is 0. The van der Waals surface area contributed by atoms with Crippen molar-refractivity contribution in [3.8, 4) is 0 Å². The molecule has 23 heavy (non-hydrogen) atoms. The molecule has 3 heteroatoms. The molecule has 1 heterocycles. The molecule has 0 saturated carbocycles. The summed E-state index contributed by atoms with van der Waals surface area (Å²) in [5.41, 5.74) is 4.93. The van der Waals surface area contributed by atoms with E-state index < -0.39 is 0 Å². The van der Waals surface area contributed by atoms with E-state index in [1.165, 1.54) is 11.1 Å². The van der Waals surface area contributed by atoms with Gasteiger partial charge in [-0.05, 0) is 37.5 Å². The third-order valence-electron chi connectivity index (χ3n) is 3.72. The monoisotopic (exact) mass is 305 g/mol. The van der Waals surface area contributed by atoms with Gasteiger partial charge in [-0.2, -0.15) is 0 Å². The Morgan fingerprint density at radius 1 is 1.00 bits per heavy atom. The molecule has 116 valence electrons. The lowest BCUT2D eigenvalue weighted by molar-refractivity contribution is -0.130. The normalized spacial score (nSPS) is 15.7. The summed E-state index contributed by atoms with van der Waals surface area (Å²) in [6.07, 6.45) is 3.21. The van der Waals surface area contributed by atoms with Crippen LogP contribution in [0.1, 0.15) is 28.7 Å². The number of cyclic esters (lactones) is 1. The second-order valence-corrected chi connectivity index (χ2v) is 5.83. The predicted octanol–water partition coefficient (Wildman–Crippen LogP) is 4.23. The first-order valence-electron chi connectivity index (χ1n) is 7.74. The molecule has 2 aromatic rings. The zero-order chi connectivity index (χ0) is 16.2. The van der Waals surface area contributed by atoms with E-state index in [1.54, 1.807) is 6.08 Å². The fraction of sp³-hybridized carbons (Fsp3) is 0.200. The Kier molecular flexibility index (Phi) is 4.38. The van der Waals surface area contributed by atoms with Crippen molar-refractivity contribution in [2.24, 2.45) is 4.99 Å². The van der Waals surface area contributed by atoms with Crippen LogP contribution in [-0.2, 0) is 16.0 Å². The fourth-order valence-electron chi connectivity index (χ4n) is 2.60. The smallest absolute Gasteiger partial charge is 0.363 e. The summed E-state index contributed by atoms with van der Waals surface area (Å²) in [6, 6.07) is 16.3. The van der Waals surface area contributed by atoms with E-state index in [4.69, 9.17) is 4.74 Å². The molecule has 2 aromatic carbocycles. The quantitative estimate of drug-likeness (QED) is 0.626. The van der Waals surface area contributed by atoms with E-state index in [0.717, 1.165) is 17.5 Å². The van der Waals surface area contributed by atoms with Gasteiger partial charge in [0.2, 0.25) is 0 Å². The summed E-state index contributed by atoms with van der Waals surface area (Å²) < 4.78 is 5.27. The Hall–Kier alpha value is -2.68. The van der Waals surface area contributed by atoms with Crippen LogP contribution in [0.15, 0.2) is 59.2 Å². The lowest BCUT2D eigenvalue weighted by Gasteiger charge is -2.01. The number of carbonyl (C=O) groups is 1. The number of nitrogens with zero attached hydrogens (tertiary/aromatic N) is 1. The van der Waals surface area contributed by atoms with Gasteiger partial charge in [0.15, 0.2) is 11.6 Å². The van der Waals surface area contributed by atoms with Crippen LogP contribution in [-0.4, -0.2) is 11.9 Å². The third kappa shape index (κ3) is 3.95. The Morgan fingerprint density at radius 3 is 2.48 bits per heavy atom. The zero-order valence-electron chi connectivity index (χ0n) is 13.4. The van der Waals surface area contributed by atoms with Gasteiger partial charge in [-0.25, -0.2) is 9.79 Å². The number of benzene rings is 2. The van der Waals surface area contributed by atoms with Crippen molar-refractivity contribution in [3.63, 3.8) is 0 Å². The highest BCUT2D eigenvalue weighted by Crippen LogP contribution is 2.18. The second kappa shape index (κ2) is 6.61. The first-order valence-corrected chi connectivity index (χ1v) is 7.74. The molecule has 3 nitrogen and oxygen atoms in total. The van der Waals surface area contributed by atoms with Crippen molar-refractivity contribution in [3.05, 3.63) is 76.5 Å². The summed E-state index contributed by atoms with van der Waals surface area (Å²) in [7, 11) is 0. The van der Waals surface area contributed by atoms with Crippen LogP contribution in [0.2, 0.25) is 0 Å². The number of hydrogen-bond acceptors (Lipinski definition) is 3. The standard InChI is InChI=1S/C20H19NO2/c1-14-5-3-7-16(11-14)9-10-19-21-18(20(22)23-19)13-17-8-4-6-15(2)12-17/h3-8,11-13H,9-10H2,1-2H3/b18-13+. The first kappa shape index (κ1) is 15.2. The Balaban J connectivity index is 1.71. The molecule has 0 spiro atoms. The minimum Gasteiger partial charge on any atom is -0.407 e. The van der Waals surface area contributed by atoms with Gasteiger partial charge in [-0.15, -0.1) is 0 Å². The number of rotatable bonds is 4. The van der Waals surface area contributed by atoms with Gasteiger partial charge in [0.1, 0.15) is 0 Å². The average Bonchev–Trinajstić information content (AvgIpc) is 2.86. The Bertz CT molecular complexity index is 803. The van der Waals surface area contributed by atoms with Gasteiger partial charge in [0.05, 0.1) is 0 Å². The van der Waals surface area contributed by atoms with Crippen molar-refractivity contribution in [2.75, 3.05) is 0 Å². The lowest BCUT2D eigenvalue weighted by Crippen LogP contribution is -2.05. The minimum absolute atomic E-state index is 0.370. The molecule has 0 N–H and O–H groups in total. The van der Waals surface area contributed by atoms with Crippen molar-refractivity contribution in [2.45, 2.75) is 26.7 Å². The molecule has 0 radical (unpaired) electrons. The van der Waals surface area contributed by atoms with E-state index in [2.05, 4.69) is 30.1 Å². The van der Waals surface area contributed by atoms with Gasteiger partial charge >= 0.3 is 5.97 Å². The summed E-state index contributed by atoms with van der Waals surface area (Å²) in [4.78, 5) is 16.3. The maximum atomic E-state index is 11.9. The summed E-state index contributed by atoms with van der Waals surface area (Å²) in [5.74, 6) is 0.126. The average molecular weight is 305 g/mol. The van der Waals surface area contributed by atoms with Crippen LogP contribution in [0.4, 0.5) is 0 Å². The molecule has 3 rings (SSSR count). The second-order valence-electron chi connectivity index (χ2n) is 5.83. The van der Waals surface area contributed by atoms with Gasteiger partial charge in [-0.1, -0.05) is 59.7 Å². The summed E-state index contributed by atoms with van der Waals surface area (Å²) in [6.45, 7) is 4.09. The highest BCUT2D eigenvalue weighted by atomic mass is 16.6. The van der Waals surface area contributed by atoms with Gasteiger partial charge in [0, 0.05) is 6.42 Å². The number of ether oxygens (including phenoxy) is 1. The van der Waals surface area contributed by atoms with Gasteiger partial charge in [-0.3, -0.25) is 0 Å². The molecule has 0 aliphatic carbocycles. The lowest BCUT2D eigenvalue weighted by atomic mass is 10.1. The molecule has 0 amide bonds. The van der Waals surface area contributed by atoms with E-state index in [9.17, 15) is 4.79 Å². The number of aryl methyl sites for hydroxylation is 3. The maximum Gasteiger partial charge on any atom is 0.363 e. The molecule has 0 atom stereocenters. The van der Waals surface area contributed by atoms with Crippen molar-refractivity contribution >= 4 is 17.9 Å². The van der Waals surface area contributed by atoms with E-state index in [-0.39, 0.29) is 5.97 Å². The SMILES string of the molecule is Cc1cccc(/C=C2/N=C(CCc3cccc(C)c3)OC2=O)c1. The first-order chi connectivity index (χ1) is 11.1. The van der Waals surface area contributed by atoms with E-state index in [0.29, 0.717) is 18.0 Å². The fourth-order valence-corrected chi connectivity index (χ4v) is 2.60. The van der Waals surface area contributed by atoms with Crippen molar-refractivity contribution < 1.29 is 9.53 Å². The van der Waals surface area contributed by atoms with Crippen LogP contribution >= 0.6 is 0 Å². The molecule has 1 aliphatic heterocycles. The minimum atomic E-state index is -0.370. The molecule has 0 saturated heterocycles. The third-order valence-corrected chi connectivity index (χ3v) is 3.72. The zero-order valence-corrected chi connectivity index (χ0v) is 13.4. The molecular weight excluding hydrogens is 286 g/mol. The van der Waals surface area contributed by atoms with Crippen molar-refractivity contribution in [1.29, 1.82) is 0 Å². The molecular formula is C20H19NO2. The number of hydrogen-bond donors (Lipinski definition) is 0. The number of aliphatic imine (C=N–C) groups is 1.